The molecule has 0 aliphatic rings. The fraction of sp³-hybridized carbons (Fsp3) is 0.0909. The van der Waals surface area contributed by atoms with E-state index in [0.717, 1.165) is 16.3 Å². The number of benzene rings is 1. The summed E-state index contributed by atoms with van der Waals surface area (Å²) in [5.41, 5.74) is 2.12. The van der Waals surface area contributed by atoms with Crippen LogP contribution in [0.25, 0.3) is 10.6 Å². The lowest BCUT2D eigenvalue weighted by atomic mass is 10.1. The molecule has 0 fully saturated rings. The van der Waals surface area contributed by atoms with Crippen molar-refractivity contribution in [2.24, 2.45) is 0 Å². The van der Waals surface area contributed by atoms with Gasteiger partial charge in [-0.05, 0) is 30.7 Å². The number of rotatable bonds is 2. The van der Waals surface area contributed by atoms with Crippen LogP contribution >= 0.6 is 34.5 Å². The van der Waals surface area contributed by atoms with Crippen LogP contribution in [-0.4, -0.2) is 10.2 Å². The second-order valence-corrected chi connectivity index (χ2v) is 4.87. The SMILES string of the molecule is Cc1csc(-c2ccc(Cl)c(C(=O)Cl)c2)n1. The zero-order chi connectivity index (χ0) is 11.7. The lowest BCUT2D eigenvalue weighted by Gasteiger charge is -2.01. The van der Waals surface area contributed by atoms with Gasteiger partial charge in [-0.25, -0.2) is 4.98 Å². The quantitative estimate of drug-likeness (QED) is 0.768. The van der Waals surface area contributed by atoms with Crippen LogP contribution in [-0.2, 0) is 0 Å². The summed E-state index contributed by atoms with van der Waals surface area (Å²) in [6.07, 6.45) is 0. The molecule has 2 nitrogen and oxygen atoms in total. The number of aryl methyl sites for hydroxylation is 1. The highest BCUT2D eigenvalue weighted by atomic mass is 35.5. The number of aromatic nitrogens is 1. The topological polar surface area (TPSA) is 30.0 Å². The van der Waals surface area contributed by atoms with E-state index >= 15 is 0 Å². The summed E-state index contributed by atoms with van der Waals surface area (Å²) in [5.74, 6) is 0. The van der Waals surface area contributed by atoms with E-state index in [1.54, 1.807) is 12.1 Å². The molecule has 0 unspecified atom stereocenters. The van der Waals surface area contributed by atoms with Gasteiger partial charge in [0.2, 0.25) is 0 Å². The largest absolute Gasteiger partial charge is 0.276 e. The van der Waals surface area contributed by atoms with Crippen molar-refractivity contribution in [3.05, 3.63) is 39.9 Å². The molecule has 0 bridgehead atoms. The summed E-state index contributed by atoms with van der Waals surface area (Å²) < 4.78 is 0. The van der Waals surface area contributed by atoms with Crippen molar-refractivity contribution in [1.29, 1.82) is 0 Å². The Balaban J connectivity index is 2.51. The lowest BCUT2D eigenvalue weighted by Crippen LogP contribution is -1.91. The van der Waals surface area contributed by atoms with E-state index in [4.69, 9.17) is 23.2 Å². The molecule has 0 saturated heterocycles. The third-order valence-corrected chi connectivity index (χ3v) is 3.59. The molecule has 5 heteroatoms. The number of hydrogen-bond donors (Lipinski definition) is 0. The Morgan fingerprint density at radius 3 is 2.75 bits per heavy atom. The number of halogens is 2. The van der Waals surface area contributed by atoms with Crippen LogP contribution in [0.4, 0.5) is 0 Å². The highest BCUT2D eigenvalue weighted by Gasteiger charge is 2.10. The van der Waals surface area contributed by atoms with Crippen LogP contribution in [0.1, 0.15) is 16.1 Å². The monoisotopic (exact) mass is 271 g/mol. The fourth-order valence-corrected chi connectivity index (χ4v) is 2.50. The number of nitrogens with zero attached hydrogens (tertiary/aromatic N) is 1. The van der Waals surface area contributed by atoms with Gasteiger partial charge in [-0.2, -0.15) is 0 Å². The standard InChI is InChI=1S/C11H7Cl2NOS/c1-6-5-16-11(14-6)7-2-3-9(12)8(4-7)10(13)15/h2-5H,1H3. The maximum atomic E-state index is 11.1. The second kappa shape index (κ2) is 4.53. The predicted octanol–water partition coefficient (Wildman–Crippen LogP) is 4.15. The lowest BCUT2D eigenvalue weighted by molar-refractivity contribution is 0.108. The molecule has 0 spiro atoms. The van der Waals surface area contributed by atoms with Gasteiger partial charge in [0.05, 0.1) is 10.6 Å². The molecule has 0 aliphatic carbocycles. The summed E-state index contributed by atoms with van der Waals surface area (Å²) in [6, 6.07) is 5.14. The summed E-state index contributed by atoms with van der Waals surface area (Å²) in [4.78, 5) is 15.5. The van der Waals surface area contributed by atoms with Crippen molar-refractivity contribution in [2.45, 2.75) is 6.92 Å². The van der Waals surface area contributed by atoms with Crippen molar-refractivity contribution < 1.29 is 4.79 Å². The molecule has 82 valence electrons. The van der Waals surface area contributed by atoms with Crippen LogP contribution in [0.2, 0.25) is 5.02 Å². The van der Waals surface area contributed by atoms with E-state index < -0.39 is 5.24 Å². The summed E-state index contributed by atoms with van der Waals surface area (Å²) in [6.45, 7) is 1.92. The van der Waals surface area contributed by atoms with Gasteiger partial charge in [0.1, 0.15) is 5.01 Å². The minimum Gasteiger partial charge on any atom is -0.276 e. The number of carbonyl (C=O) groups is 1. The van der Waals surface area contributed by atoms with Gasteiger partial charge >= 0.3 is 0 Å². The second-order valence-electron chi connectivity index (χ2n) is 3.26. The van der Waals surface area contributed by atoms with Crippen molar-refractivity contribution in [2.75, 3.05) is 0 Å². The minimum atomic E-state index is -0.555. The summed E-state index contributed by atoms with van der Waals surface area (Å²) >= 11 is 12.8. The van der Waals surface area contributed by atoms with Crippen LogP contribution < -0.4 is 0 Å². The Morgan fingerprint density at radius 1 is 1.44 bits per heavy atom. The smallest absolute Gasteiger partial charge is 0.253 e. The molecule has 16 heavy (non-hydrogen) atoms. The van der Waals surface area contributed by atoms with E-state index in [0.29, 0.717) is 10.6 Å². The Labute approximate surface area is 107 Å². The van der Waals surface area contributed by atoms with Gasteiger partial charge < -0.3 is 0 Å². The van der Waals surface area contributed by atoms with Gasteiger partial charge in [-0.1, -0.05) is 17.7 Å². The molecule has 0 radical (unpaired) electrons. The Kier molecular flexibility index (Phi) is 3.28. The van der Waals surface area contributed by atoms with Crippen molar-refractivity contribution in [3.8, 4) is 10.6 Å². The molecule has 0 atom stereocenters. The first-order valence-electron chi connectivity index (χ1n) is 4.50. The maximum absolute atomic E-state index is 11.1. The Bertz CT molecular complexity index is 551. The van der Waals surface area contributed by atoms with E-state index in [2.05, 4.69) is 4.98 Å². The van der Waals surface area contributed by atoms with E-state index in [1.165, 1.54) is 11.3 Å². The average Bonchev–Trinajstić information content (AvgIpc) is 2.65. The number of carbonyl (C=O) groups excluding carboxylic acids is 1. The zero-order valence-corrected chi connectivity index (χ0v) is 10.7. The van der Waals surface area contributed by atoms with Crippen LogP contribution in [0.5, 0.6) is 0 Å². The van der Waals surface area contributed by atoms with E-state index in [9.17, 15) is 4.79 Å². The molecule has 2 rings (SSSR count). The van der Waals surface area contributed by atoms with Crippen molar-refractivity contribution in [3.63, 3.8) is 0 Å². The molecule has 0 aliphatic heterocycles. The first kappa shape index (κ1) is 11.6. The van der Waals surface area contributed by atoms with Gasteiger partial charge in [0, 0.05) is 16.6 Å². The average molecular weight is 272 g/mol. The first-order chi connectivity index (χ1) is 7.58. The Morgan fingerprint density at radius 2 is 2.19 bits per heavy atom. The normalized spacial score (nSPS) is 10.4. The molecular formula is C11H7Cl2NOS. The van der Waals surface area contributed by atoms with Crippen LogP contribution in [0.15, 0.2) is 23.6 Å². The molecule has 1 heterocycles. The predicted molar refractivity (Wildman–Crippen MR) is 67.5 cm³/mol. The minimum absolute atomic E-state index is 0.314. The summed E-state index contributed by atoms with van der Waals surface area (Å²) in [5, 5.41) is 2.61. The van der Waals surface area contributed by atoms with E-state index in [1.807, 2.05) is 18.4 Å². The number of thiazole rings is 1. The van der Waals surface area contributed by atoms with Crippen molar-refractivity contribution in [1.82, 2.24) is 4.98 Å². The van der Waals surface area contributed by atoms with Gasteiger partial charge in [0.25, 0.3) is 5.24 Å². The number of hydrogen-bond acceptors (Lipinski definition) is 3. The van der Waals surface area contributed by atoms with Gasteiger partial charge in [0.15, 0.2) is 0 Å². The summed E-state index contributed by atoms with van der Waals surface area (Å²) in [7, 11) is 0. The fourth-order valence-electron chi connectivity index (χ4n) is 1.30. The first-order valence-corrected chi connectivity index (χ1v) is 6.13. The molecule has 2 aromatic rings. The zero-order valence-electron chi connectivity index (χ0n) is 8.33. The van der Waals surface area contributed by atoms with Crippen molar-refractivity contribution >= 4 is 39.8 Å². The molecule has 1 aromatic carbocycles. The Hall–Kier alpha value is -0.900. The van der Waals surface area contributed by atoms with Gasteiger partial charge in [-0.15, -0.1) is 11.3 Å². The van der Waals surface area contributed by atoms with Crippen LogP contribution in [0.3, 0.4) is 0 Å². The molecule has 0 amide bonds. The third-order valence-electron chi connectivity index (χ3n) is 2.04. The highest BCUT2D eigenvalue weighted by Crippen LogP contribution is 2.28. The molecular weight excluding hydrogens is 265 g/mol. The highest BCUT2D eigenvalue weighted by molar-refractivity contribution is 7.13. The molecule has 0 N–H and O–H groups in total. The molecule has 1 aromatic heterocycles. The maximum Gasteiger partial charge on any atom is 0.253 e. The van der Waals surface area contributed by atoms with E-state index in [-0.39, 0.29) is 0 Å². The molecule has 0 saturated carbocycles. The third kappa shape index (κ3) is 2.26. The van der Waals surface area contributed by atoms with Crippen LogP contribution in [0, 0.1) is 6.92 Å². The van der Waals surface area contributed by atoms with Gasteiger partial charge in [-0.3, -0.25) is 4.79 Å².